The SMILES string of the molecule is C[S@@](=O)c1ccc(NC(=O)NCc2ccc(F)c(Cl)c2)cc1. The Balaban J connectivity index is 1.89. The van der Waals surface area contributed by atoms with E-state index in [2.05, 4.69) is 10.6 Å². The lowest BCUT2D eigenvalue weighted by molar-refractivity contribution is 0.251. The van der Waals surface area contributed by atoms with Crippen LogP contribution in [0.5, 0.6) is 0 Å². The number of anilines is 1. The zero-order valence-electron chi connectivity index (χ0n) is 11.7. The third-order valence-corrected chi connectivity index (χ3v) is 4.11. The molecule has 2 N–H and O–H groups in total. The maximum Gasteiger partial charge on any atom is 0.319 e. The second-order valence-corrected chi connectivity index (χ2v) is 6.32. The molecule has 2 aromatic rings. The highest BCUT2D eigenvalue weighted by Gasteiger charge is 2.05. The van der Waals surface area contributed by atoms with Crippen molar-refractivity contribution in [2.24, 2.45) is 0 Å². The van der Waals surface area contributed by atoms with Crippen molar-refractivity contribution in [3.05, 3.63) is 58.9 Å². The van der Waals surface area contributed by atoms with Gasteiger partial charge in [-0.2, -0.15) is 0 Å². The molecule has 0 radical (unpaired) electrons. The topological polar surface area (TPSA) is 58.2 Å². The van der Waals surface area contributed by atoms with Crippen LogP contribution >= 0.6 is 11.6 Å². The fourth-order valence-electron chi connectivity index (χ4n) is 1.74. The summed E-state index contributed by atoms with van der Waals surface area (Å²) in [6, 6.07) is 10.6. The van der Waals surface area contributed by atoms with Gasteiger partial charge in [0.05, 0.1) is 5.02 Å². The van der Waals surface area contributed by atoms with Crippen LogP contribution in [-0.2, 0) is 17.3 Å². The van der Waals surface area contributed by atoms with Crippen molar-refractivity contribution in [2.75, 3.05) is 11.6 Å². The number of urea groups is 1. The fraction of sp³-hybridized carbons (Fsp3) is 0.133. The summed E-state index contributed by atoms with van der Waals surface area (Å²) in [5, 5.41) is 5.31. The zero-order chi connectivity index (χ0) is 16.1. The van der Waals surface area contributed by atoms with E-state index in [0.29, 0.717) is 16.1 Å². The molecule has 2 amide bonds. The van der Waals surface area contributed by atoms with Gasteiger partial charge in [0.15, 0.2) is 0 Å². The Morgan fingerprint density at radius 3 is 2.50 bits per heavy atom. The zero-order valence-corrected chi connectivity index (χ0v) is 13.3. The summed E-state index contributed by atoms with van der Waals surface area (Å²) >= 11 is 5.67. The molecule has 22 heavy (non-hydrogen) atoms. The molecule has 0 spiro atoms. The lowest BCUT2D eigenvalue weighted by atomic mass is 10.2. The third-order valence-electron chi connectivity index (χ3n) is 2.88. The van der Waals surface area contributed by atoms with Gasteiger partial charge in [0.2, 0.25) is 0 Å². The van der Waals surface area contributed by atoms with E-state index < -0.39 is 22.6 Å². The monoisotopic (exact) mass is 340 g/mol. The largest absolute Gasteiger partial charge is 0.334 e. The summed E-state index contributed by atoms with van der Waals surface area (Å²) in [4.78, 5) is 12.5. The van der Waals surface area contributed by atoms with E-state index in [-0.39, 0.29) is 11.6 Å². The molecule has 7 heteroatoms. The second-order valence-electron chi connectivity index (χ2n) is 4.53. The van der Waals surface area contributed by atoms with Crippen molar-refractivity contribution in [1.29, 1.82) is 0 Å². The van der Waals surface area contributed by atoms with Gasteiger partial charge in [-0.25, -0.2) is 9.18 Å². The molecule has 0 fully saturated rings. The molecule has 2 aromatic carbocycles. The molecule has 116 valence electrons. The number of amides is 2. The molecule has 0 unspecified atom stereocenters. The number of nitrogens with one attached hydrogen (secondary N) is 2. The van der Waals surface area contributed by atoms with Gasteiger partial charge in [-0.3, -0.25) is 4.21 Å². The molecule has 4 nitrogen and oxygen atoms in total. The number of hydrogen-bond acceptors (Lipinski definition) is 2. The van der Waals surface area contributed by atoms with Crippen LogP contribution in [0.15, 0.2) is 47.4 Å². The number of benzene rings is 2. The average Bonchev–Trinajstić information content (AvgIpc) is 2.49. The first kappa shape index (κ1) is 16.5. The van der Waals surface area contributed by atoms with Gasteiger partial charge >= 0.3 is 6.03 Å². The normalized spacial score (nSPS) is 11.8. The molecular weight excluding hydrogens is 327 g/mol. The summed E-state index contributed by atoms with van der Waals surface area (Å²) in [6.07, 6.45) is 1.59. The van der Waals surface area contributed by atoms with E-state index in [0.717, 1.165) is 0 Å². The minimum Gasteiger partial charge on any atom is -0.334 e. The molecule has 0 aromatic heterocycles. The second kappa shape index (κ2) is 7.38. The van der Waals surface area contributed by atoms with Crippen molar-refractivity contribution in [1.82, 2.24) is 5.32 Å². The number of carbonyl (C=O) groups is 1. The molecule has 0 aliphatic carbocycles. The molecule has 0 aliphatic heterocycles. The van der Waals surface area contributed by atoms with E-state index >= 15 is 0 Å². The van der Waals surface area contributed by atoms with E-state index in [1.165, 1.54) is 12.1 Å². The Bertz CT molecular complexity index is 707. The molecule has 0 heterocycles. The van der Waals surface area contributed by atoms with Crippen LogP contribution in [0.1, 0.15) is 5.56 Å². The van der Waals surface area contributed by atoms with Gasteiger partial charge in [0, 0.05) is 34.2 Å². The Hall–Kier alpha value is -1.92. The standard InChI is InChI=1S/C15H14ClFN2O2S/c1-22(21)12-5-3-11(4-6-12)19-15(20)18-9-10-2-7-14(17)13(16)8-10/h2-8H,9H2,1H3,(H2,18,19,20)/t22-/m1/s1. The third kappa shape index (κ3) is 4.54. The summed E-state index contributed by atoms with van der Waals surface area (Å²) in [6.45, 7) is 0.225. The van der Waals surface area contributed by atoms with Crippen LogP contribution in [-0.4, -0.2) is 16.5 Å². The van der Waals surface area contributed by atoms with Gasteiger partial charge in [0.1, 0.15) is 5.82 Å². The smallest absolute Gasteiger partial charge is 0.319 e. The molecule has 0 saturated heterocycles. The first-order chi connectivity index (χ1) is 10.5. The highest BCUT2D eigenvalue weighted by molar-refractivity contribution is 7.84. The highest BCUT2D eigenvalue weighted by Crippen LogP contribution is 2.16. The average molecular weight is 341 g/mol. The van der Waals surface area contributed by atoms with Crippen molar-refractivity contribution in [3.8, 4) is 0 Å². The van der Waals surface area contributed by atoms with Crippen LogP contribution in [0.2, 0.25) is 5.02 Å². The summed E-state index contributed by atoms with van der Waals surface area (Å²) < 4.78 is 24.3. The van der Waals surface area contributed by atoms with Gasteiger partial charge in [-0.05, 0) is 42.0 Å². The molecule has 2 rings (SSSR count). The Kier molecular flexibility index (Phi) is 5.51. The van der Waals surface area contributed by atoms with Gasteiger partial charge in [-0.15, -0.1) is 0 Å². The number of halogens is 2. The van der Waals surface area contributed by atoms with E-state index in [1.54, 1.807) is 36.6 Å². The quantitative estimate of drug-likeness (QED) is 0.894. The van der Waals surface area contributed by atoms with E-state index in [9.17, 15) is 13.4 Å². The molecule has 0 aliphatic rings. The minimum absolute atomic E-state index is 0.0165. The molecular formula is C15H14ClFN2O2S. The first-order valence-electron chi connectivity index (χ1n) is 6.38. The van der Waals surface area contributed by atoms with Crippen LogP contribution in [0.25, 0.3) is 0 Å². The lowest BCUT2D eigenvalue weighted by Gasteiger charge is -2.08. The number of hydrogen-bond donors (Lipinski definition) is 2. The number of carbonyl (C=O) groups excluding carboxylic acids is 1. The maximum absolute atomic E-state index is 13.0. The minimum atomic E-state index is -1.05. The Morgan fingerprint density at radius 2 is 1.91 bits per heavy atom. The molecule has 0 saturated carbocycles. The van der Waals surface area contributed by atoms with Crippen LogP contribution in [0.4, 0.5) is 14.9 Å². The van der Waals surface area contributed by atoms with Crippen LogP contribution in [0, 0.1) is 5.82 Å². The van der Waals surface area contributed by atoms with Gasteiger partial charge in [-0.1, -0.05) is 17.7 Å². The van der Waals surface area contributed by atoms with Crippen LogP contribution < -0.4 is 10.6 Å². The lowest BCUT2D eigenvalue weighted by Crippen LogP contribution is -2.28. The maximum atomic E-state index is 13.0. The van der Waals surface area contributed by atoms with Crippen LogP contribution in [0.3, 0.4) is 0 Å². The molecule has 1 atom stereocenters. The Labute approximate surface area is 135 Å². The number of rotatable bonds is 4. The van der Waals surface area contributed by atoms with E-state index in [1.807, 2.05) is 0 Å². The molecule has 0 bridgehead atoms. The predicted octanol–water partition coefficient (Wildman–Crippen LogP) is 3.54. The van der Waals surface area contributed by atoms with Gasteiger partial charge < -0.3 is 10.6 Å². The summed E-state index contributed by atoms with van der Waals surface area (Å²) in [5.41, 5.74) is 1.28. The Morgan fingerprint density at radius 1 is 1.23 bits per heavy atom. The van der Waals surface area contributed by atoms with E-state index in [4.69, 9.17) is 11.6 Å². The fourth-order valence-corrected chi connectivity index (χ4v) is 2.46. The van der Waals surface area contributed by atoms with Crippen molar-refractivity contribution >= 4 is 34.1 Å². The van der Waals surface area contributed by atoms with Crippen molar-refractivity contribution in [3.63, 3.8) is 0 Å². The predicted molar refractivity (Wildman–Crippen MR) is 86.0 cm³/mol. The summed E-state index contributed by atoms with van der Waals surface area (Å²) in [7, 11) is -1.05. The first-order valence-corrected chi connectivity index (χ1v) is 8.31. The highest BCUT2D eigenvalue weighted by atomic mass is 35.5. The van der Waals surface area contributed by atoms with Crippen molar-refractivity contribution < 1.29 is 13.4 Å². The van der Waals surface area contributed by atoms with Gasteiger partial charge in [0.25, 0.3) is 0 Å². The summed E-state index contributed by atoms with van der Waals surface area (Å²) in [5.74, 6) is -0.497. The van der Waals surface area contributed by atoms with Crippen molar-refractivity contribution in [2.45, 2.75) is 11.4 Å².